The Kier molecular flexibility index (Phi) is 252. The Morgan fingerprint density at radius 1 is 1.00 bits per heavy atom. The van der Waals surface area contributed by atoms with Crippen LogP contribution in [0.2, 0.25) is 0 Å². The molecule has 0 aliphatic carbocycles. The summed E-state index contributed by atoms with van der Waals surface area (Å²) >= 11 is 0. The Bertz CT molecular complexity index is 8.00. The van der Waals surface area contributed by atoms with E-state index in [4.69, 9.17) is 0 Å². The maximum absolute atomic E-state index is 0. The van der Waals surface area contributed by atoms with Crippen LogP contribution in [0.15, 0.2) is 0 Å². The summed E-state index contributed by atoms with van der Waals surface area (Å²) in [5.41, 5.74) is 0. The molecule has 0 aromatic carbocycles. The summed E-state index contributed by atoms with van der Waals surface area (Å²) in [5, 5.41) is 0. The van der Waals surface area contributed by atoms with Gasteiger partial charge in [0.1, 0.15) is 0 Å². The Morgan fingerprint density at radius 2 is 1.00 bits per heavy atom. The molecule has 0 aromatic heterocycles. The molecule has 2 N–H and O–H groups in total. The van der Waals surface area contributed by atoms with Crippen LogP contribution < -0.4 is 0 Å². The first-order valence-electron chi connectivity index (χ1n) is 0. The largest absolute Gasteiger partial charge is 0.412 e. The predicted molar refractivity (Wildman–Crippen MR) is 14.7 cm³/mol. The van der Waals surface area contributed by atoms with Crippen LogP contribution in [0.1, 0.15) is 0 Å². The molecule has 4 heavy (non-hydrogen) atoms. The van der Waals surface area contributed by atoms with E-state index in [-0.39, 0.29) is 55.0 Å². The van der Waals surface area contributed by atoms with Crippen LogP contribution in [0.3, 0.4) is 0 Å². The van der Waals surface area contributed by atoms with E-state index in [2.05, 4.69) is 0 Å². The van der Waals surface area contributed by atoms with Gasteiger partial charge in [0.25, 0.3) is 0 Å². The first-order chi connectivity index (χ1) is 0. The van der Waals surface area contributed by atoms with E-state index in [0.717, 1.165) is 0 Å². The van der Waals surface area contributed by atoms with E-state index < -0.39 is 0 Å². The molecule has 0 fully saturated rings. The normalized spacial score (nSPS) is 0. The number of hydrogen-bond donors (Lipinski definition) is 0. The Labute approximate surface area is 55.0 Å². The van der Waals surface area contributed by atoms with E-state index in [1.807, 2.05) is 0 Å². The van der Waals surface area contributed by atoms with Crippen molar-refractivity contribution in [3.05, 3.63) is 0 Å². The van der Waals surface area contributed by atoms with Gasteiger partial charge in [0.05, 0.1) is 0 Å². The first-order valence-corrected chi connectivity index (χ1v) is 0. The molecule has 1 atom stereocenters. The number of rotatable bonds is 0. The topological polar surface area (TPSA) is 31.5 Å². The van der Waals surface area contributed by atoms with Gasteiger partial charge < -0.3 is 5.48 Å². The van der Waals surface area contributed by atoms with Gasteiger partial charge in [0.15, 0.2) is 0 Å². The summed E-state index contributed by atoms with van der Waals surface area (Å²) in [4.78, 5) is 0. The Morgan fingerprint density at radius 3 is 1.00 bits per heavy atom. The van der Waals surface area contributed by atoms with Gasteiger partial charge in [-0.25, -0.2) is 0 Å². The molecule has 0 saturated heterocycles. The van der Waals surface area contributed by atoms with E-state index in [1.54, 1.807) is 0 Å². The monoisotopic (exact) mass is 287 g/mol. The van der Waals surface area contributed by atoms with Crippen molar-refractivity contribution >= 4 is 9.90 Å². The van der Waals surface area contributed by atoms with Gasteiger partial charge >= 0.3 is 0 Å². The van der Waals surface area contributed by atoms with Crippen LogP contribution in [0.25, 0.3) is 0 Å². The molecule has 0 aliphatic heterocycles. The minimum absolute atomic E-state index is 0. The van der Waals surface area contributed by atoms with Gasteiger partial charge in [-0.15, -0.1) is 0 Å². The summed E-state index contributed by atoms with van der Waals surface area (Å²) in [7, 11) is 0. The smallest absolute Gasteiger partial charge is 0 e. The van der Waals surface area contributed by atoms with Gasteiger partial charge in [0.2, 0.25) is 0 Å². The van der Waals surface area contributed by atoms with Crippen molar-refractivity contribution in [1.82, 2.24) is 0 Å². The zero-order valence-corrected chi connectivity index (χ0v) is 7.81. The first kappa shape index (κ1) is 44.5. The van der Waals surface area contributed by atoms with E-state index >= 15 is 0 Å². The predicted octanol–water partition coefficient (Wildman–Crippen LogP) is -0.772. The van der Waals surface area contributed by atoms with Crippen molar-refractivity contribution in [3.8, 4) is 0 Å². The van der Waals surface area contributed by atoms with Crippen LogP contribution in [-0.4, -0.2) is 5.48 Å². The Balaban J connectivity index is 0. The number of hydrogen-bond acceptors (Lipinski definition) is 0. The van der Waals surface area contributed by atoms with Gasteiger partial charge in [-0.2, -0.15) is 9.90 Å². The second-order valence-electron chi connectivity index (χ2n) is 0. The SMILES string of the molecule is O.P.[V].[W]. The third-order valence-electron chi connectivity index (χ3n) is 0. The van der Waals surface area contributed by atoms with Crippen molar-refractivity contribution in [2.24, 2.45) is 0 Å². The van der Waals surface area contributed by atoms with Crippen LogP contribution in [-0.2, 0) is 39.6 Å². The third-order valence-corrected chi connectivity index (χ3v) is 0. The molecule has 0 heterocycles. The molecule has 0 aromatic rings. The average Bonchev–Trinajstić information content (AvgIpc) is 0. The molecule has 1 nitrogen and oxygen atoms in total. The quantitative estimate of drug-likeness (QED) is 0.524. The fraction of sp³-hybridized carbons (Fsp3) is 0. The molecule has 1 unspecified atom stereocenters. The van der Waals surface area contributed by atoms with Crippen molar-refractivity contribution in [2.75, 3.05) is 0 Å². The summed E-state index contributed by atoms with van der Waals surface area (Å²) in [5.74, 6) is 0. The molecule has 4 heteroatoms. The van der Waals surface area contributed by atoms with E-state index in [9.17, 15) is 0 Å². The summed E-state index contributed by atoms with van der Waals surface area (Å²) < 4.78 is 0. The van der Waals surface area contributed by atoms with Crippen molar-refractivity contribution in [2.45, 2.75) is 0 Å². The van der Waals surface area contributed by atoms with Crippen molar-refractivity contribution in [3.63, 3.8) is 0 Å². The second kappa shape index (κ2) is 22.6. The molecule has 0 amide bonds. The van der Waals surface area contributed by atoms with Gasteiger partial charge in [-0.3, -0.25) is 0 Å². The zero-order chi connectivity index (χ0) is 0. The minimum Gasteiger partial charge on any atom is -0.412 e. The molecular weight excluding hydrogens is 282 g/mol. The molecule has 0 bridgehead atoms. The van der Waals surface area contributed by atoms with E-state index in [0.29, 0.717) is 0 Å². The molecule has 1 radical (unpaired) electrons. The maximum atomic E-state index is 0. The molecule has 27 valence electrons. The van der Waals surface area contributed by atoms with Crippen LogP contribution in [0, 0.1) is 0 Å². The minimum atomic E-state index is 0. The summed E-state index contributed by atoms with van der Waals surface area (Å²) in [6.45, 7) is 0. The van der Waals surface area contributed by atoms with Crippen LogP contribution in [0.5, 0.6) is 0 Å². The van der Waals surface area contributed by atoms with Crippen LogP contribution in [0.4, 0.5) is 0 Å². The molecule has 0 saturated carbocycles. The third kappa shape index (κ3) is 9.39. The Hall–Kier alpha value is 1.66. The molecular formula is H5OPVW. The standard InChI is InChI=1S/H2O.H3P.V.W/h1H2;1H3;;. The summed E-state index contributed by atoms with van der Waals surface area (Å²) in [6, 6.07) is 0. The zero-order valence-electron chi connectivity index (χ0n) is 2.06. The summed E-state index contributed by atoms with van der Waals surface area (Å²) in [6.07, 6.45) is 0. The molecule has 0 spiro atoms. The van der Waals surface area contributed by atoms with Gasteiger partial charge in [0, 0.05) is 39.6 Å². The second-order valence-corrected chi connectivity index (χ2v) is 0. The average molecular weight is 287 g/mol. The maximum Gasteiger partial charge on any atom is 0 e. The fourth-order valence-electron chi connectivity index (χ4n) is 0. The van der Waals surface area contributed by atoms with Crippen LogP contribution >= 0.6 is 9.90 Å². The van der Waals surface area contributed by atoms with Gasteiger partial charge in [-0.1, -0.05) is 0 Å². The van der Waals surface area contributed by atoms with Crippen molar-refractivity contribution < 1.29 is 45.1 Å². The van der Waals surface area contributed by atoms with Gasteiger partial charge in [-0.05, 0) is 0 Å². The fourth-order valence-corrected chi connectivity index (χ4v) is 0. The molecule has 0 aliphatic rings. The van der Waals surface area contributed by atoms with Crippen molar-refractivity contribution in [1.29, 1.82) is 0 Å². The van der Waals surface area contributed by atoms with E-state index in [1.165, 1.54) is 0 Å². The molecule has 0 rings (SSSR count).